The van der Waals surface area contributed by atoms with Crippen molar-refractivity contribution in [3.8, 4) is 0 Å². The van der Waals surface area contributed by atoms with Gasteiger partial charge in [0.25, 0.3) is 0 Å². The number of halogens is 1. The first-order valence-corrected chi connectivity index (χ1v) is 5.36. The maximum Gasteiger partial charge on any atom is 0.148 e. The molecule has 0 aliphatic rings. The van der Waals surface area contributed by atoms with Crippen LogP contribution >= 0.6 is 11.8 Å². The van der Waals surface area contributed by atoms with Gasteiger partial charge in [0, 0.05) is 0 Å². The zero-order valence-corrected chi connectivity index (χ0v) is 8.57. The molecule has 0 aromatic heterocycles. The van der Waals surface area contributed by atoms with Gasteiger partial charge in [-0.05, 0) is 24.8 Å². The number of thioether (sulfide) groups is 1. The Morgan fingerprint density at radius 2 is 2.15 bits per heavy atom. The highest BCUT2D eigenvalue weighted by Gasteiger charge is 1.99. The molecule has 0 N–H and O–H groups in total. The lowest BCUT2D eigenvalue weighted by Gasteiger charge is -1.99. The average molecular weight is 197 g/mol. The van der Waals surface area contributed by atoms with E-state index < -0.39 is 0 Å². The molecule has 0 saturated carbocycles. The van der Waals surface area contributed by atoms with Crippen molar-refractivity contribution in [3.05, 3.63) is 30.1 Å². The van der Waals surface area contributed by atoms with Crippen LogP contribution in [0.15, 0.2) is 29.3 Å². The van der Waals surface area contributed by atoms with Crippen molar-refractivity contribution < 1.29 is 4.39 Å². The first kappa shape index (κ1) is 10.3. The van der Waals surface area contributed by atoms with Crippen LogP contribution in [0.3, 0.4) is 0 Å². The van der Waals surface area contributed by atoms with E-state index in [0.29, 0.717) is 5.69 Å². The van der Waals surface area contributed by atoms with Crippen LogP contribution in [-0.2, 0) is 0 Å². The monoisotopic (exact) mass is 197 g/mol. The first-order valence-electron chi connectivity index (χ1n) is 4.14. The summed E-state index contributed by atoms with van der Waals surface area (Å²) in [7, 11) is 0. The minimum atomic E-state index is -0.262. The summed E-state index contributed by atoms with van der Waals surface area (Å²) in [5.74, 6) is -0.262. The van der Waals surface area contributed by atoms with Crippen LogP contribution < -0.4 is 0 Å². The van der Waals surface area contributed by atoms with Crippen LogP contribution in [0, 0.1) is 5.82 Å². The second-order valence-electron chi connectivity index (χ2n) is 2.51. The van der Waals surface area contributed by atoms with Crippen molar-refractivity contribution in [1.82, 2.24) is 0 Å². The molecule has 13 heavy (non-hydrogen) atoms. The lowest BCUT2D eigenvalue weighted by atomic mass is 10.3. The number of nitrogens with zero attached hydrogens (tertiary/aromatic N) is 1. The molecule has 0 bridgehead atoms. The van der Waals surface area contributed by atoms with Gasteiger partial charge in [-0.3, -0.25) is 0 Å². The summed E-state index contributed by atoms with van der Waals surface area (Å²) in [6.45, 7) is 2.01. The Morgan fingerprint density at radius 3 is 2.69 bits per heavy atom. The molecule has 1 aromatic rings. The summed E-state index contributed by atoms with van der Waals surface area (Å²) >= 11 is 1.56. The molecule has 0 unspecified atom stereocenters. The van der Waals surface area contributed by atoms with E-state index in [1.54, 1.807) is 30.0 Å². The Hall–Kier alpha value is -0.830. The molecule has 0 fully saturated rings. The highest BCUT2D eigenvalue weighted by molar-refractivity contribution is 8.13. The molecule has 0 amide bonds. The van der Waals surface area contributed by atoms with Crippen LogP contribution in [0.1, 0.15) is 13.3 Å². The largest absolute Gasteiger partial charge is 0.244 e. The first-order chi connectivity index (χ1) is 6.27. The van der Waals surface area contributed by atoms with Crippen LogP contribution in [0.25, 0.3) is 0 Å². The van der Waals surface area contributed by atoms with Gasteiger partial charge in [0.05, 0.1) is 10.7 Å². The van der Waals surface area contributed by atoms with Crippen molar-refractivity contribution >= 4 is 22.5 Å². The van der Waals surface area contributed by atoms with Crippen molar-refractivity contribution in [1.29, 1.82) is 0 Å². The van der Waals surface area contributed by atoms with Gasteiger partial charge in [0.15, 0.2) is 0 Å². The van der Waals surface area contributed by atoms with E-state index >= 15 is 0 Å². The Balaban J connectivity index is 2.95. The maximum atomic E-state index is 13.1. The van der Waals surface area contributed by atoms with E-state index in [4.69, 9.17) is 0 Å². The normalized spacial score (nSPS) is 11.8. The third-order valence-electron chi connectivity index (χ3n) is 1.64. The summed E-state index contributed by atoms with van der Waals surface area (Å²) < 4.78 is 13.1. The molecule has 0 aliphatic carbocycles. The molecule has 0 radical (unpaired) electrons. The van der Waals surface area contributed by atoms with E-state index in [2.05, 4.69) is 4.99 Å². The fraction of sp³-hybridized carbons (Fsp3) is 0.300. The summed E-state index contributed by atoms with van der Waals surface area (Å²) in [6, 6.07) is 6.56. The van der Waals surface area contributed by atoms with Crippen molar-refractivity contribution in [2.75, 3.05) is 6.26 Å². The van der Waals surface area contributed by atoms with Crippen molar-refractivity contribution in [2.45, 2.75) is 13.3 Å². The molecule has 1 nitrogen and oxygen atoms in total. The van der Waals surface area contributed by atoms with Gasteiger partial charge in [-0.1, -0.05) is 19.1 Å². The molecule has 1 rings (SSSR count). The number of aliphatic imine (C=N–C) groups is 1. The fourth-order valence-electron chi connectivity index (χ4n) is 0.946. The number of hydrogen-bond donors (Lipinski definition) is 0. The Labute approximate surface area is 82.1 Å². The predicted octanol–water partition coefficient (Wildman–Crippen LogP) is 3.63. The van der Waals surface area contributed by atoms with Crippen molar-refractivity contribution in [2.24, 2.45) is 4.99 Å². The summed E-state index contributed by atoms with van der Waals surface area (Å²) in [6.07, 6.45) is 2.79. The van der Waals surface area contributed by atoms with Crippen LogP contribution in [0.5, 0.6) is 0 Å². The Kier molecular flexibility index (Phi) is 3.96. The van der Waals surface area contributed by atoms with Crippen LogP contribution in [0.4, 0.5) is 10.1 Å². The molecule has 0 spiro atoms. The molecule has 3 heteroatoms. The molecular formula is C10H12FNS. The smallest absolute Gasteiger partial charge is 0.148 e. The SMILES string of the molecule is CCC(=Nc1ccccc1F)SC. The lowest BCUT2D eigenvalue weighted by molar-refractivity contribution is 0.630. The molecule has 0 atom stereocenters. The van der Waals surface area contributed by atoms with E-state index in [0.717, 1.165) is 11.5 Å². The molecule has 70 valence electrons. The van der Waals surface area contributed by atoms with Crippen LogP contribution in [0.2, 0.25) is 0 Å². The van der Waals surface area contributed by atoms with Gasteiger partial charge in [0.1, 0.15) is 5.82 Å². The third-order valence-corrected chi connectivity index (χ3v) is 2.49. The third kappa shape index (κ3) is 2.84. The van der Waals surface area contributed by atoms with Gasteiger partial charge < -0.3 is 0 Å². The number of benzene rings is 1. The zero-order valence-electron chi connectivity index (χ0n) is 7.75. The number of hydrogen-bond acceptors (Lipinski definition) is 2. The minimum Gasteiger partial charge on any atom is -0.244 e. The number of para-hydroxylation sites is 1. The fourth-order valence-corrected chi connectivity index (χ4v) is 1.42. The topological polar surface area (TPSA) is 12.4 Å². The predicted molar refractivity (Wildman–Crippen MR) is 57.3 cm³/mol. The molecule has 1 aromatic carbocycles. The summed E-state index contributed by atoms with van der Waals surface area (Å²) in [5, 5.41) is 0.949. The second-order valence-corrected chi connectivity index (χ2v) is 3.39. The quantitative estimate of drug-likeness (QED) is 0.521. The lowest BCUT2D eigenvalue weighted by Crippen LogP contribution is -1.87. The van der Waals surface area contributed by atoms with Gasteiger partial charge in [-0.2, -0.15) is 0 Å². The van der Waals surface area contributed by atoms with E-state index in [1.165, 1.54) is 6.07 Å². The van der Waals surface area contributed by atoms with Gasteiger partial charge in [0.2, 0.25) is 0 Å². The standard InChI is InChI=1S/C10H12FNS/c1-3-10(13-2)12-9-7-5-4-6-8(9)11/h4-7H,3H2,1-2H3. The number of rotatable bonds is 2. The Bertz CT molecular complexity index is 304. The molecule has 0 heterocycles. The molecule has 0 saturated heterocycles. The van der Waals surface area contributed by atoms with Gasteiger partial charge in [-0.15, -0.1) is 11.8 Å². The van der Waals surface area contributed by atoms with Crippen LogP contribution in [-0.4, -0.2) is 11.3 Å². The zero-order chi connectivity index (χ0) is 9.68. The second kappa shape index (κ2) is 5.02. The Morgan fingerprint density at radius 1 is 1.46 bits per heavy atom. The van der Waals surface area contributed by atoms with E-state index in [-0.39, 0.29) is 5.82 Å². The van der Waals surface area contributed by atoms with Gasteiger partial charge in [-0.25, -0.2) is 9.38 Å². The summed E-state index contributed by atoms with van der Waals surface area (Å²) in [4.78, 5) is 4.20. The molecular weight excluding hydrogens is 185 g/mol. The summed E-state index contributed by atoms with van der Waals surface area (Å²) in [5.41, 5.74) is 0.425. The van der Waals surface area contributed by atoms with E-state index in [1.807, 2.05) is 13.2 Å². The minimum absolute atomic E-state index is 0.262. The van der Waals surface area contributed by atoms with Gasteiger partial charge >= 0.3 is 0 Å². The maximum absolute atomic E-state index is 13.1. The van der Waals surface area contributed by atoms with E-state index in [9.17, 15) is 4.39 Å². The highest BCUT2D eigenvalue weighted by atomic mass is 32.2. The average Bonchev–Trinajstić information content (AvgIpc) is 2.17. The molecule has 0 aliphatic heterocycles. The van der Waals surface area contributed by atoms with Crippen molar-refractivity contribution in [3.63, 3.8) is 0 Å². The highest BCUT2D eigenvalue weighted by Crippen LogP contribution is 2.19.